The molecule has 0 fully saturated rings. The van der Waals surface area contributed by atoms with Crippen molar-refractivity contribution in [3.63, 3.8) is 0 Å². The summed E-state index contributed by atoms with van der Waals surface area (Å²) in [4.78, 5) is 22.0. The molecule has 2 aromatic rings. The Morgan fingerprint density at radius 1 is 1.10 bits per heavy atom. The van der Waals surface area contributed by atoms with E-state index in [4.69, 9.17) is 23.2 Å². The minimum atomic E-state index is -0.516. The molecule has 0 N–H and O–H groups in total. The summed E-state index contributed by atoms with van der Waals surface area (Å²) < 4.78 is 0. The number of carbonyl (C=O) groups excluding carboxylic acids is 1. The van der Waals surface area contributed by atoms with Crippen LogP contribution < -0.4 is 0 Å². The lowest BCUT2D eigenvalue weighted by Crippen LogP contribution is -1.95. The van der Waals surface area contributed by atoms with E-state index in [9.17, 15) is 14.9 Å². The van der Waals surface area contributed by atoms with Crippen molar-refractivity contribution < 1.29 is 9.72 Å². The lowest BCUT2D eigenvalue weighted by atomic mass is 10.1. The number of nitrogens with zero attached hydrogens (tertiary/aromatic N) is 1. The van der Waals surface area contributed by atoms with E-state index in [2.05, 4.69) is 0 Å². The fraction of sp³-hybridized carbons (Fsp3) is 0. The van der Waals surface area contributed by atoms with Gasteiger partial charge < -0.3 is 0 Å². The van der Waals surface area contributed by atoms with Gasteiger partial charge in [0, 0.05) is 27.7 Å². The molecule has 0 aliphatic rings. The van der Waals surface area contributed by atoms with Crippen LogP contribution in [0.15, 0.2) is 48.5 Å². The van der Waals surface area contributed by atoms with Gasteiger partial charge in [0.15, 0.2) is 5.78 Å². The fourth-order valence-corrected chi connectivity index (χ4v) is 2.12. The van der Waals surface area contributed by atoms with Gasteiger partial charge in [-0.2, -0.15) is 0 Å². The zero-order valence-electron chi connectivity index (χ0n) is 10.6. The van der Waals surface area contributed by atoms with Crippen LogP contribution in [-0.4, -0.2) is 10.7 Å². The third-order valence-electron chi connectivity index (χ3n) is 2.74. The number of non-ortho nitro benzene ring substituents is 1. The molecule has 106 valence electrons. The highest BCUT2D eigenvalue weighted by atomic mass is 35.5. The highest BCUT2D eigenvalue weighted by molar-refractivity contribution is 6.35. The standard InChI is InChI=1S/C15H9Cl2NO3/c16-12-5-1-10(14(17)9-12)4-8-15(19)11-2-6-13(7-3-11)18(20)21/h1-9H/b8-4+. The van der Waals surface area contributed by atoms with Crippen LogP contribution in [0.25, 0.3) is 6.08 Å². The van der Waals surface area contributed by atoms with Gasteiger partial charge in [-0.15, -0.1) is 0 Å². The highest BCUT2D eigenvalue weighted by Crippen LogP contribution is 2.22. The average molecular weight is 322 g/mol. The maximum Gasteiger partial charge on any atom is 0.269 e. The van der Waals surface area contributed by atoms with Crippen molar-refractivity contribution in [3.05, 3.63) is 79.8 Å². The lowest BCUT2D eigenvalue weighted by Gasteiger charge is -1.99. The van der Waals surface area contributed by atoms with Gasteiger partial charge in [0.05, 0.1) is 4.92 Å². The SMILES string of the molecule is O=C(/C=C/c1ccc(Cl)cc1Cl)c1ccc([N+](=O)[O-])cc1. The smallest absolute Gasteiger partial charge is 0.269 e. The van der Waals surface area contributed by atoms with E-state index in [1.807, 2.05) is 0 Å². The maximum atomic E-state index is 12.0. The van der Waals surface area contributed by atoms with E-state index in [-0.39, 0.29) is 11.5 Å². The molecule has 0 bridgehead atoms. The van der Waals surface area contributed by atoms with Crippen LogP contribution in [0, 0.1) is 10.1 Å². The third-order valence-corrected chi connectivity index (χ3v) is 3.30. The second-order valence-electron chi connectivity index (χ2n) is 4.17. The van der Waals surface area contributed by atoms with E-state index in [1.165, 1.54) is 30.3 Å². The Bertz CT molecular complexity index is 724. The number of hydrogen-bond donors (Lipinski definition) is 0. The fourth-order valence-electron chi connectivity index (χ4n) is 1.65. The number of halogens is 2. The molecule has 0 amide bonds. The van der Waals surface area contributed by atoms with E-state index in [0.717, 1.165) is 0 Å². The lowest BCUT2D eigenvalue weighted by molar-refractivity contribution is -0.384. The molecule has 0 atom stereocenters. The molecule has 0 unspecified atom stereocenters. The summed E-state index contributed by atoms with van der Waals surface area (Å²) in [5, 5.41) is 11.5. The molecule has 0 saturated carbocycles. The van der Waals surface area contributed by atoms with Gasteiger partial charge >= 0.3 is 0 Å². The van der Waals surface area contributed by atoms with Crippen molar-refractivity contribution in [1.29, 1.82) is 0 Å². The minimum Gasteiger partial charge on any atom is -0.289 e. The number of rotatable bonds is 4. The molecule has 6 heteroatoms. The van der Waals surface area contributed by atoms with Crippen LogP contribution in [0.5, 0.6) is 0 Å². The Morgan fingerprint density at radius 3 is 2.33 bits per heavy atom. The number of nitro groups is 1. The first-order valence-corrected chi connectivity index (χ1v) is 6.65. The van der Waals surface area contributed by atoms with Gasteiger partial charge in [-0.3, -0.25) is 14.9 Å². The predicted molar refractivity (Wildman–Crippen MR) is 82.9 cm³/mol. The summed E-state index contributed by atoms with van der Waals surface area (Å²) in [6.45, 7) is 0. The second kappa shape index (κ2) is 6.52. The summed E-state index contributed by atoms with van der Waals surface area (Å²) in [6.07, 6.45) is 2.93. The molecule has 0 aromatic heterocycles. The van der Waals surface area contributed by atoms with Crippen molar-refractivity contribution >= 4 is 40.7 Å². The molecule has 0 radical (unpaired) electrons. The number of hydrogen-bond acceptors (Lipinski definition) is 3. The van der Waals surface area contributed by atoms with Gasteiger partial charge in [0.25, 0.3) is 5.69 Å². The van der Waals surface area contributed by atoms with Gasteiger partial charge in [0.1, 0.15) is 0 Å². The maximum absolute atomic E-state index is 12.0. The summed E-state index contributed by atoms with van der Waals surface area (Å²) in [5.41, 5.74) is 0.967. The summed E-state index contributed by atoms with van der Waals surface area (Å²) in [7, 11) is 0. The van der Waals surface area contributed by atoms with E-state index in [0.29, 0.717) is 21.2 Å². The topological polar surface area (TPSA) is 60.2 Å². The molecule has 0 heterocycles. The first-order chi connectivity index (χ1) is 9.97. The van der Waals surface area contributed by atoms with Crippen LogP contribution >= 0.6 is 23.2 Å². The third kappa shape index (κ3) is 3.90. The number of nitro benzene ring substituents is 1. The van der Waals surface area contributed by atoms with E-state index in [1.54, 1.807) is 24.3 Å². The first-order valence-electron chi connectivity index (χ1n) is 5.89. The zero-order chi connectivity index (χ0) is 15.4. The Hall–Kier alpha value is -2.17. The molecule has 0 aliphatic heterocycles. The van der Waals surface area contributed by atoms with Crippen LogP contribution in [0.4, 0.5) is 5.69 Å². The summed E-state index contributed by atoms with van der Waals surface area (Å²) in [6, 6.07) is 10.3. The predicted octanol–water partition coefficient (Wildman–Crippen LogP) is 4.80. The quantitative estimate of drug-likeness (QED) is 0.352. The van der Waals surface area contributed by atoms with Crippen LogP contribution in [0.1, 0.15) is 15.9 Å². The summed E-state index contributed by atoms with van der Waals surface area (Å²) >= 11 is 11.8. The van der Waals surface area contributed by atoms with Crippen molar-refractivity contribution in [2.45, 2.75) is 0 Å². The second-order valence-corrected chi connectivity index (χ2v) is 5.01. The van der Waals surface area contributed by atoms with Crippen molar-refractivity contribution in [1.82, 2.24) is 0 Å². The first kappa shape index (κ1) is 15.2. The molecule has 2 aromatic carbocycles. The number of ketones is 1. The molecule has 2 rings (SSSR count). The molecular formula is C15H9Cl2NO3. The van der Waals surface area contributed by atoms with E-state index >= 15 is 0 Å². The Morgan fingerprint density at radius 2 is 1.76 bits per heavy atom. The van der Waals surface area contributed by atoms with Gasteiger partial charge in [-0.1, -0.05) is 29.3 Å². The largest absolute Gasteiger partial charge is 0.289 e. The highest BCUT2D eigenvalue weighted by Gasteiger charge is 2.07. The van der Waals surface area contributed by atoms with Gasteiger partial charge in [0.2, 0.25) is 0 Å². The Labute approximate surface area is 130 Å². The number of carbonyl (C=O) groups is 1. The molecule has 0 spiro atoms. The summed E-state index contributed by atoms with van der Waals surface area (Å²) in [5.74, 6) is -0.268. The Kier molecular flexibility index (Phi) is 4.73. The van der Waals surface area contributed by atoms with Crippen LogP contribution in [0.2, 0.25) is 10.0 Å². The Balaban J connectivity index is 2.17. The van der Waals surface area contributed by atoms with Crippen molar-refractivity contribution in [2.24, 2.45) is 0 Å². The van der Waals surface area contributed by atoms with Crippen molar-refractivity contribution in [3.8, 4) is 0 Å². The van der Waals surface area contributed by atoms with Crippen molar-refractivity contribution in [2.75, 3.05) is 0 Å². The monoisotopic (exact) mass is 321 g/mol. The van der Waals surface area contributed by atoms with Crippen LogP contribution in [-0.2, 0) is 0 Å². The molecule has 4 nitrogen and oxygen atoms in total. The van der Waals surface area contributed by atoms with E-state index < -0.39 is 4.92 Å². The molecule has 21 heavy (non-hydrogen) atoms. The number of benzene rings is 2. The average Bonchev–Trinajstić information content (AvgIpc) is 2.46. The molecular weight excluding hydrogens is 313 g/mol. The van der Waals surface area contributed by atoms with Crippen LogP contribution in [0.3, 0.4) is 0 Å². The number of allylic oxidation sites excluding steroid dienone is 1. The molecule has 0 aliphatic carbocycles. The molecule has 0 saturated heterocycles. The van der Waals surface area contributed by atoms with Gasteiger partial charge in [-0.05, 0) is 42.0 Å². The van der Waals surface area contributed by atoms with Gasteiger partial charge in [-0.25, -0.2) is 0 Å². The minimum absolute atomic E-state index is 0.0590. The zero-order valence-corrected chi connectivity index (χ0v) is 12.1. The normalized spacial score (nSPS) is 10.8.